The number of carbonyl (C=O) groups is 1. The van der Waals surface area contributed by atoms with Gasteiger partial charge in [-0.15, -0.1) is 0 Å². The van der Waals surface area contributed by atoms with E-state index in [1.54, 1.807) is 18.5 Å². The summed E-state index contributed by atoms with van der Waals surface area (Å²) in [6.45, 7) is 4.76. The minimum Gasteiger partial charge on any atom is -0.380 e. The first-order chi connectivity index (χ1) is 16.8. The lowest BCUT2D eigenvalue weighted by Gasteiger charge is -2.55. The Bertz CT molecular complexity index is 1240. The molecule has 0 saturated carbocycles. The van der Waals surface area contributed by atoms with Gasteiger partial charge in [0.15, 0.2) is 0 Å². The SMILES string of the molecule is [2H]C([2H])([2H])C(=O)NCc1nc(-c2cncc([C@@](O)(c3ccc(C(C)C)cc3)C3(C)CN(C)C3)c2)no1. The van der Waals surface area contributed by atoms with Crippen LogP contribution in [0.5, 0.6) is 0 Å². The summed E-state index contributed by atoms with van der Waals surface area (Å²) < 4.78 is 26.6. The highest BCUT2D eigenvalue weighted by atomic mass is 16.5. The number of nitrogens with one attached hydrogen (secondary N) is 1. The van der Waals surface area contributed by atoms with Crippen LogP contribution in [0, 0.1) is 5.41 Å². The molecule has 1 aliphatic rings. The van der Waals surface area contributed by atoms with Crippen LogP contribution in [0.15, 0.2) is 47.2 Å². The van der Waals surface area contributed by atoms with Crippen molar-refractivity contribution in [2.45, 2.75) is 45.7 Å². The molecule has 0 bridgehead atoms. The maximum atomic E-state index is 12.3. The number of benzene rings is 1. The van der Waals surface area contributed by atoms with Crippen LogP contribution in [0.1, 0.15) is 60.2 Å². The molecule has 174 valence electrons. The van der Waals surface area contributed by atoms with Gasteiger partial charge >= 0.3 is 0 Å². The zero-order valence-corrected chi connectivity index (χ0v) is 19.3. The molecule has 1 aromatic carbocycles. The van der Waals surface area contributed by atoms with Crippen molar-refractivity contribution in [1.82, 2.24) is 25.3 Å². The van der Waals surface area contributed by atoms with E-state index in [9.17, 15) is 9.90 Å². The number of aliphatic hydroxyl groups is 1. The molecule has 1 saturated heterocycles. The predicted octanol–water partition coefficient (Wildman–Crippen LogP) is 3.08. The second kappa shape index (κ2) is 8.68. The summed E-state index contributed by atoms with van der Waals surface area (Å²) in [5, 5.41) is 18.6. The van der Waals surface area contributed by atoms with Crippen LogP contribution in [0.25, 0.3) is 11.4 Å². The van der Waals surface area contributed by atoms with Gasteiger partial charge < -0.3 is 19.8 Å². The third-order valence-corrected chi connectivity index (χ3v) is 6.39. The van der Waals surface area contributed by atoms with E-state index in [2.05, 4.69) is 46.1 Å². The third kappa shape index (κ3) is 4.28. The number of nitrogens with zero attached hydrogens (tertiary/aromatic N) is 4. The first-order valence-electron chi connectivity index (χ1n) is 12.4. The molecule has 3 aromatic rings. The van der Waals surface area contributed by atoms with Gasteiger partial charge in [0.25, 0.3) is 0 Å². The van der Waals surface area contributed by atoms with E-state index < -0.39 is 23.8 Å². The number of pyridine rings is 1. The first kappa shape index (κ1) is 19.4. The number of likely N-dealkylation sites (tertiary alicyclic amines) is 1. The molecule has 8 heteroatoms. The largest absolute Gasteiger partial charge is 0.380 e. The Morgan fingerprint density at radius 1 is 1.30 bits per heavy atom. The van der Waals surface area contributed by atoms with Crippen molar-refractivity contribution < 1.29 is 18.5 Å². The maximum absolute atomic E-state index is 12.3. The smallest absolute Gasteiger partial charge is 0.246 e. The molecule has 3 heterocycles. The molecule has 0 radical (unpaired) electrons. The van der Waals surface area contributed by atoms with Crippen molar-refractivity contribution >= 4 is 5.91 Å². The van der Waals surface area contributed by atoms with E-state index in [1.807, 2.05) is 31.3 Å². The van der Waals surface area contributed by atoms with E-state index in [0.29, 0.717) is 30.1 Å². The van der Waals surface area contributed by atoms with Gasteiger partial charge in [-0.1, -0.05) is 50.2 Å². The molecular weight excluding hydrogens is 418 g/mol. The molecule has 1 amide bonds. The zero-order chi connectivity index (χ0) is 26.3. The fraction of sp³-hybridized carbons (Fsp3) is 0.440. The summed E-state index contributed by atoms with van der Waals surface area (Å²) in [5.74, 6) is -0.450. The normalized spacial score (nSPS) is 19.2. The number of carbonyl (C=O) groups excluding carboxylic acids is 1. The number of hydrogen-bond donors (Lipinski definition) is 2. The Hall–Kier alpha value is -3.10. The summed E-state index contributed by atoms with van der Waals surface area (Å²) in [4.78, 5) is 22.4. The van der Waals surface area contributed by atoms with Crippen molar-refractivity contribution in [2.75, 3.05) is 20.1 Å². The van der Waals surface area contributed by atoms with Gasteiger partial charge in [0.05, 0.1) is 6.54 Å². The van der Waals surface area contributed by atoms with Crippen molar-refractivity contribution in [3.63, 3.8) is 0 Å². The van der Waals surface area contributed by atoms with Gasteiger partial charge in [0.1, 0.15) is 5.60 Å². The zero-order valence-electron chi connectivity index (χ0n) is 22.3. The summed E-state index contributed by atoms with van der Waals surface area (Å²) in [5.41, 5.74) is 1.33. The Morgan fingerprint density at radius 3 is 2.67 bits per heavy atom. The average molecular weight is 453 g/mol. The topological polar surface area (TPSA) is 104 Å². The van der Waals surface area contributed by atoms with Crippen molar-refractivity contribution in [2.24, 2.45) is 5.41 Å². The molecule has 8 nitrogen and oxygen atoms in total. The molecule has 2 N–H and O–H groups in total. The number of amides is 1. The third-order valence-electron chi connectivity index (χ3n) is 6.39. The van der Waals surface area contributed by atoms with Crippen LogP contribution < -0.4 is 5.32 Å². The second-order valence-electron chi connectivity index (χ2n) is 9.38. The molecule has 1 aliphatic heterocycles. The van der Waals surface area contributed by atoms with E-state index >= 15 is 0 Å². The Labute approximate surface area is 198 Å². The monoisotopic (exact) mass is 452 g/mol. The van der Waals surface area contributed by atoms with Crippen LogP contribution in [0.3, 0.4) is 0 Å². The summed E-state index contributed by atoms with van der Waals surface area (Å²) in [6.07, 6.45) is 3.22. The number of hydrogen-bond acceptors (Lipinski definition) is 7. The van der Waals surface area contributed by atoms with Crippen LogP contribution in [-0.4, -0.2) is 51.2 Å². The fourth-order valence-corrected chi connectivity index (χ4v) is 4.71. The summed E-state index contributed by atoms with van der Waals surface area (Å²) >= 11 is 0. The van der Waals surface area contributed by atoms with E-state index in [4.69, 9.17) is 8.64 Å². The maximum Gasteiger partial charge on any atom is 0.246 e. The highest BCUT2D eigenvalue weighted by Gasteiger charge is 2.55. The average Bonchev–Trinajstić information content (AvgIpc) is 3.29. The van der Waals surface area contributed by atoms with Gasteiger partial charge in [0, 0.05) is 53.0 Å². The number of aromatic nitrogens is 3. The summed E-state index contributed by atoms with van der Waals surface area (Å²) in [6, 6.07) is 9.85. The molecule has 0 aliphatic carbocycles. The Morgan fingerprint density at radius 2 is 2.03 bits per heavy atom. The molecule has 1 atom stereocenters. The molecule has 0 spiro atoms. The van der Waals surface area contributed by atoms with Gasteiger partial charge in [-0.05, 0) is 30.2 Å². The van der Waals surface area contributed by atoms with Gasteiger partial charge in [-0.3, -0.25) is 9.78 Å². The lowest BCUT2D eigenvalue weighted by atomic mass is 9.62. The van der Waals surface area contributed by atoms with Gasteiger partial charge in [-0.25, -0.2) is 0 Å². The van der Waals surface area contributed by atoms with Crippen molar-refractivity contribution in [3.05, 3.63) is 65.3 Å². The van der Waals surface area contributed by atoms with E-state index in [-0.39, 0.29) is 18.3 Å². The van der Waals surface area contributed by atoms with E-state index in [0.717, 1.165) is 5.56 Å². The highest BCUT2D eigenvalue weighted by Crippen LogP contribution is 2.50. The first-order valence-corrected chi connectivity index (χ1v) is 10.9. The van der Waals surface area contributed by atoms with E-state index in [1.165, 1.54) is 5.56 Å². The molecule has 1 fully saturated rings. The Kier molecular flexibility index (Phi) is 5.10. The predicted molar refractivity (Wildman–Crippen MR) is 124 cm³/mol. The summed E-state index contributed by atoms with van der Waals surface area (Å²) in [7, 11) is 2.02. The molecular formula is C25H31N5O3. The molecule has 4 rings (SSSR count). The lowest BCUT2D eigenvalue weighted by Crippen LogP contribution is -2.63. The van der Waals surface area contributed by atoms with Crippen LogP contribution in [-0.2, 0) is 16.9 Å². The van der Waals surface area contributed by atoms with Crippen molar-refractivity contribution in [1.29, 1.82) is 0 Å². The second-order valence-corrected chi connectivity index (χ2v) is 9.38. The van der Waals surface area contributed by atoms with Crippen LogP contribution in [0.2, 0.25) is 0 Å². The van der Waals surface area contributed by atoms with Gasteiger partial charge in [-0.2, -0.15) is 4.98 Å². The molecule has 33 heavy (non-hydrogen) atoms. The Balaban J connectivity index is 1.67. The highest BCUT2D eigenvalue weighted by molar-refractivity contribution is 5.72. The minimum absolute atomic E-state index is 0.0557. The van der Waals surface area contributed by atoms with Crippen LogP contribution in [0.4, 0.5) is 0 Å². The van der Waals surface area contributed by atoms with Crippen molar-refractivity contribution in [3.8, 4) is 11.4 Å². The lowest BCUT2D eigenvalue weighted by molar-refractivity contribution is -0.127. The molecule has 0 unspecified atom stereocenters. The van der Waals surface area contributed by atoms with Gasteiger partial charge in [0.2, 0.25) is 17.6 Å². The molecule has 2 aromatic heterocycles. The number of rotatable bonds is 7. The minimum atomic E-state index is -2.76. The standard InChI is InChI=1S/C25H31N5O3/c1-16(2)18-6-8-20(9-7-18)25(32,24(4)14-30(5)15-24)21-10-19(11-26-12-21)23-28-22(33-29-23)13-27-17(3)31/h6-12,16,32H,13-15H2,1-5H3,(H,27,31)/t25-/m0/s1/i3D3. The quantitative estimate of drug-likeness (QED) is 0.568. The fourth-order valence-electron chi connectivity index (χ4n) is 4.71. The van der Waals surface area contributed by atoms with Crippen LogP contribution >= 0.6 is 0 Å².